The van der Waals surface area contributed by atoms with E-state index in [4.69, 9.17) is 17.3 Å². The number of rotatable bonds is 2. The van der Waals surface area contributed by atoms with Crippen LogP contribution in [-0.4, -0.2) is 23.1 Å². The second-order valence-electron chi connectivity index (χ2n) is 4.94. The van der Waals surface area contributed by atoms with Crippen LogP contribution in [0, 0.1) is 5.92 Å². The minimum atomic E-state index is 0.239. The van der Waals surface area contributed by atoms with Gasteiger partial charge >= 0.3 is 0 Å². The largest absolute Gasteiger partial charge is 0.368 e. The summed E-state index contributed by atoms with van der Waals surface area (Å²) in [6.45, 7) is 2.31. The molecule has 1 aromatic rings. The zero-order valence-electron chi connectivity index (χ0n) is 10.4. The molecule has 0 bridgehead atoms. The Balaban J connectivity index is 2.15. The van der Waals surface area contributed by atoms with Crippen LogP contribution in [-0.2, 0) is 0 Å². The lowest BCUT2D eigenvalue weighted by Gasteiger charge is -2.34. The molecule has 4 nitrogen and oxygen atoms in total. The Morgan fingerprint density at radius 2 is 2.18 bits per heavy atom. The van der Waals surface area contributed by atoms with Crippen LogP contribution in [0.4, 0.5) is 11.8 Å². The summed E-state index contributed by atoms with van der Waals surface area (Å²) in [5.41, 5.74) is 5.62. The maximum absolute atomic E-state index is 5.90. The molecule has 17 heavy (non-hydrogen) atoms. The minimum absolute atomic E-state index is 0.239. The zero-order chi connectivity index (χ0) is 12.4. The first-order chi connectivity index (χ1) is 8.06. The van der Waals surface area contributed by atoms with Gasteiger partial charge in [-0.2, -0.15) is 4.98 Å². The smallest absolute Gasteiger partial charge is 0.223 e. The van der Waals surface area contributed by atoms with Crippen molar-refractivity contribution in [3.8, 4) is 0 Å². The fraction of sp³-hybridized carbons (Fsp3) is 0.667. The van der Waals surface area contributed by atoms with E-state index in [1.165, 1.54) is 25.7 Å². The highest BCUT2D eigenvalue weighted by Crippen LogP contribution is 2.29. The summed E-state index contributed by atoms with van der Waals surface area (Å²) >= 11 is 5.90. The van der Waals surface area contributed by atoms with Crippen LogP contribution < -0.4 is 10.6 Å². The van der Waals surface area contributed by atoms with Crippen molar-refractivity contribution < 1.29 is 0 Å². The molecule has 1 heterocycles. The van der Waals surface area contributed by atoms with Gasteiger partial charge in [0, 0.05) is 19.2 Å². The maximum Gasteiger partial charge on any atom is 0.223 e. The van der Waals surface area contributed by atoms with Gasteiger partial charge in [0.1, 0.15) is 11.0 Å². The molecule has 0 aromatic carbocycles. The Labute approximate surface area is 107 Å². The van der Waals surface area contributed by atoms with Crippen molar-refractivity contribution in [2.24, 2.45) is 5.92 Å². The molecule has 1 saturated carbocycles. The number of anilines is 2. The molecule has 0 amide bonds. The maximum atomic E-state index is 5.90. The second-order valence-corrected chi connectivity index (χ2v) is 5.33. The minimum Gasteiger partial charge on any atom is -0.368 e. The number of hydrogen-bond donors (Lipinski definition) is 1. The molecule has 94 valence electrons. The molecule has 1 aliphatic carbocycles. The van der Waals surface area contributed by atoms with Crippen LogP contribution in [0.3, 0.4) is 0 Å². The van der Waals surface area contributed by atoms with Crippen LogP contribution in [0.25, 0.3) is 0 Å². The zero-order valence-corrected chi connectivity index (χ0v) is 11.1. The SMILES string of the molecule is CC1CCCC(N(C)c2cc(Cl)nc(N)n2)C1. The summed E-state index contributed by atoms with van der Waals surface area (Å²) in [5, 5.41) is 0.406. The van der Waals surface area contributed by atoms with Gasteiger partial charge in [-0.1, -0.05) is 31.4 Å². The third kappa shape index (κ3) is 3.00. The molecule has 2 unspecified atom stereocenters. The highest BCUT2D eigenvalue weighted by molar-refractivity contribution is 6.29. The summed E-state index contributed by atoms with van der Waals surface area (Å²) in [7, 11) is 2.06. The van der Waals surface area contributed by atoms with Crippen molar-refractivity contribution in [3.63, 3.8) is 0 Å². The summed E-state index contributed by atoms with van der Waals surface area (Å²) in [5.74, 6) is 1.84. The van der Waals surface area contributed by atoms with Gasteiger partial charge in [0.15, 0.2) is 0 Å². The Kier molecular flexibility index (Phi) is 3.72. The van der Waals surface area contributed by atoms with E-state index in [9.17, 15) is 0 Å². The normalized spacial score (nSPS) is 24.6. The van der Waals surface area contributed by atoms with Crippen LogP contribution in [0.5, 0.6) is 0 Å². The Morgan fingerprint density at radius 3 is 2.82 bits per heavy atom. The van der Waals surface area contributed by atoms with Gasteiger partial charge in [0.2, 0.25) is 5.95 Å². The van der Waals surface area contributed by atoms with E-state index >= 15 is 0 Å². The summed E-state index contributed by atoms with van der Waals surface area (Å²) < 4.78 is 0. The summed E-state index contributed by atoms with van der Waals surface area (Å²) in [4.78, 5) is 10.3. The third-order valence-corrected chi connectivity index (χ3v) is 3.71. The molecular weight excluding hydrogens is 236 g/mol. The fourth-order valence-corrected chi connectivity index (χ4v) is 2.73. The van der Waals surface area contributed by atoms with Crippen LogP contribution >= 0.6 is 11.6 Å². The van der Waals surface area contributed by atoms with Crippen molar-refractivity contribution in [1.82, 2.24) is 9.97 Å². The molecule has 2 atom stereocenters. The van der Waals surface area contributed by atoms with Crippen LogP contribution in [0.2, 0.25) is 5.15 Å². The molecule has 2 rings (SSSR count). The first-order valence-corrected chi connectivity index (χ1v) is 6.47. The predicted octanol–water partition coefficient (Wildman–Crippen LogP) is 2.73. The van der Waals surface area contributed by atoms with E-state index in [1.807, 2.05) is 0 Å². The van der Waals surface area contributed by atoms with Crippen molar-refractivity contribution in [3.05, 3.63) is 11.2 Å². The molecule has 1 fully saturated rings. The molecule has 0 aliphatic heterocycles. The van der Waals surface area contributed by atoms with E-state index in [2.05, 4.69) is 28.8 Å². The van der Waals surface area contributed by atoms with Crippen LogP contribution in [0.15, 0.2) is 6.07 Å². The monoisotopic (exact) mass is 254 g/mol. The molecule has 2 N–H and O–H groups in total. The fourth-order valence-electron chi connectivity index (χ4n) is 2.54. The second kappa shape index (κ2) is 5.08. The molecule has 1 aromatic heterocycles. The van der Waals surface area contributed by atoms with Gasteiger partial charge in [-0.15, -0.1) is 0 Å². The number of nitrogens with zero attached hydrogens (tertiary/aromatic N) is 3. The molecule has 0 radical (unpaired) electrons. The van der Waals surface area contributed by atoms with Crippen molar-refractivity contribution in [2.45, 2.75) is 38.6 Å². The van der Waals surface area contributed by atoms with Gasteiger partial charge in [-0.25, -0.2) is 4.98 Å². The Hall–Kier alpha value is -1.03. The number of nitrogens with two attached hydrogens (primary N) is 1. The molecule has 0 saturated heterocycles. The van der Waals surface area contributed by atoms with Crippen molar-refractivity contribution in [2.75, 3.05) is 17.7 Å². The number of aromatic nitrogens is 2. The van der Waals surface area contributed by atoms with Gasteiger partial charge in [0.05, 0.1) is 0 Å². The van der Waals surface area contributed by atoms with E-state index in [-0.39, 0.29) is 5.95 Å². The van der Waals surface area contributed by atoms with E-state index in [1.54, 1.807) is 6.07 Å². The van der Waals surface area contributed by atoms with Gasteiger partial charge < -0.3 is 10.6 Å². The lowest BCUT2D eigenvalue weighted by atomic mass is 9.86. The van der Waals surface area contributed by atoms with Crippen molar-refractivity contribution in [1.29, 1.82) is 0 Å². The number of halogens is 1. The summed E-state index contributed by atoms with van der Waals surface area (Å²) in [6.07, 6.45) is 5.03. The standard InChI is InChI=1S/C12H19ClN4/c1-8-4-3-5-9(6-8)17(2)11-7-10(13)15-12(14)16-11/h7-9H,3-6H2,1-2H3,(H2,14,15,16). The van der Waals surface area contributed by atoms with Gasteiger partial charge in [0.25, 0.3) is 0 Å². The highest BCUT2D eigenvalue weighted by Gasteiger charge is 2.23. The van der Waals surface area contributed by atoms with E-state index in [0.717, 1.165) is 11.7 Å². The lowest BCUT2D eigenvalue weighted by Crippen LogP contribution is -2.36. The topological polar surface area (TPSA) is 55.0 Å². The number of hydrogen-bond acceptors (Lipinski definition) is 4. The first kappa shape index (κ1) is 12.4. The Morgan fingerprint density at radius 1 is 1.41 bits per heavy atom. The summed E-state index contributed by atoms with van der Waals surface area (Å²) in [6, 6.07) is 2.31. The highest BCUT2D eigenvalue weighted by atomic mass is 35.5. The molecule has 5 heteroatoms. The third-order valence-electron chi connectivity index (χ3n) is 3.52. The average molecular weight is 255 g/mol. The predicted molar refractivity (Wildman–Crippen MR) is 71.3 cm³/mol. The van der Waals surface area contributed by atoms with Crippen LogP contribution in [0.1, 0.15) is 32.6 Å². The van der Waals surface area contributed by atoms with Crippen molar-refractivity contribution >= 4 is 23.4 Å². The first-order valence-electron chi connectivity index (χ1n) is 6.09. The molecule has 1 aliphatic rings. The number of nitrogen functional groups attached to an aromatic ring is 1. The van der Waals surface area contributed by atoms with Gasteiger partial charge in [-0.05, 0) is 18.8 Å². The quantitative estimate of drug-likeness (QED) is 0.825. The molecule has 0 spiro atoms. The van der Waals surface area contributed by atoms with Gasteiger partial charge in [-0.3, -0.25) is 0 Å². The molecular formula is C12H19ClN4. The van der Waals surface area contributed by atoms with E-state index in [0.29, 0.717) is 11.2 Å². The lowest BCUT2D eigenvalue weighted by molar-refractivity contribution is 0.335. The van der Waals surface area contributed by atoms with E-state index < -0.39 is 0 Å². The Bertz CT molecular complexity index is 376. The average Bonchev–Trinajstić information content (AvgIpc) is 2.26.